The van der Waals surface area contributed by atoms with E-state index in [0.717, 1.165) is 0 Å². The number of aryl methyl sites for hydroxylation is 1. The Morgan fingerprint density at radius 3 is 2.67 bits per heavy atom. The molecule has 0 fully saturated rings. The minimum Gasteiger partial charge on any atom is -0.397 e. The lowest BCUT2D eigenvalue weighted by Crippen LogP contribution is -2.00. The number of halogens is 2. The summed E-state index contributed by atoms with van der Waals surface area (Å²) in [5.74, 6) is -0.489. The van der Waals surface area contributed by atoms with Crippen molar-refractivity contribution in [3.8, 4) is 0 Å². The average molecular weight is 189 g/mol. The van der Waals surface area contributed by atoms with Crippen molar-refractivity contribution in [1.82, 2.24) is 0 Å². The van der Waals surface area contributed by atoms with E-state index in [1.54, 1.807) is 20.0 Å². The van der Waals surface area contributed by atoms with Gasteiger partial charge in [-0.25, -0.2) is 4.39 Å². The number of nitrogens with two attached hydrogens (primary N) is 1. The molecule has 1 aromatic carbocycles. The van der Waals surface area contributed by atoms with Gasteiger partial charge in [-0.1, -0.05) is 11.6 Å². The van der Waals surface area contributed by atoms with Crippen LogP contribution in [0.4, 0.5) is 15.8 Å². The normalized spacial score (nSPS) is 10.0. The van der Waals surface area contributed by atoms with Gasteiger partial charge in [-0.2, -0.15) is 0 Å². The first-order valence-corrected chi connectivity index (χ1v) is 3.87. The van der Waals surface area contributed by atoms with Crippen molar-refractivity contribution in [2.45, 2.75) is 6.92 Å². The smallest absolute Gasteiger partial charge is 0.167 e. The zero-order valence-corrected chi connectivity index (χ0v) is 7.67. The number of hydrogen-bond acceptors (Lipinski definition) is 2. The largest absolute Gasteiger partial charge is 0.397 e. The monoisotopic (exact) mass is 188 g/mol. The number of nitrogens with one attached hydrogen (secondary N) is 1. The fraction of sp³-hybridized carbons (Fsp3) is 0.250. The van der Waals surface area contributed by atoms with Crippen molar-refractivity contribution in [1.29, 1.82) is 0 Å². The lowest BCUT2D eigenvalue weighted by molar-refractivity contribution is 0.631. The van der Waals surface area contributed by atoms with Crippen molar-refractivity contribution in [3.63, 3.8) is 0 Å². The van der Waals surface area contributed by atoms with Crippen LogP contribution in [-0.2, 0) is 0 Å². The Kier molecular flexibility index (Phi) is 2.43. The van der Waals surface area contributed by atoms with E-state index >= 15 is 0 Å². The van der Waals surface area contributed by atoms with Crippen LogP contribution in [-0.4, -0.2) is 7.05 Å². The van der Waals surface area contributed by atoms with Gasteiger partial charge in [-0.05, 0) is 18.6 Å². The first kappa shape index (κ1) is 9.13. The van der Waals surface area contributed by atoms with Crippen LogP contribution < -0.4 is 11.1 Å². The molecule has 3 N–H and O–H groups in total. The van der Waals surface area contributed by atoms with E-state index in [9.17, 15) is 4.39 Å². The van der Waals surface area contributed by atoms with Gasteiger partial charge in [-0.3, -0.25) is 0 Å². The second kappa shape index (κ2) is 3.19. The lowest BCUT2D eigenvalue weighted by Gasteiger charge is -2.09. The van der Waals surface area contributed by atoms with Gasteiger partial charge in [0.1, 0.15) is 0 Å². The average Bonchev–Trinajstić information content (AvgIpc) is 2.01. The zero-order valence-electron chi connectivity index (χ0n) is 6.91. The van der Waals surface area contributed by atoms with Crippen LogP contribution in [0.1, 0.15) is 5.56 Å². The molecule has 0 aliphatic carbocycles. The van der Waals surface area contributed by atoms with Gasteiger partial charge in [0.05, 0.1) is 16.4 Å². The van der Waals surface area contributed by atoms with Gasteiger partial charge in [0.25, 0.3) is 0 Å². The fourth-order valence-corrected chi connectivity index (χ4v) is 1.18. The third-order valence-electron chi connectivity index (χ3n) is 1.67. The Bertz CT molecular complexity index is 312. The van der Waals surface area contributed by atoms with Crippen LogP contribution in [0.3, 0.4) is 0 Å². The van der Waals surface area contributed by atoms with Crippen LogP contribution in [0.25, 0.3) is 0 Å². The van der Waals surface area contributed by atoms with E-state index in [4.69, 9.17) is 17.3 Å². The molecule has 0 heterocycles. The summed E-state index contributed by atoms with van der Waals surface area (Å²) in [6.07, 6.45) is 0. The molecule has 0 aromatic heterocycles. The zero-order chi connectivity index (χ0) is 9.30. The molecule has 0 saturated carbocycles. The molecule has 0 radical (unpaired) electrons. The Morgan fingerprint density at radius 1 is 1.58 bits per heavy atom. The summed E-state index contributed by atoms with van der Waals surface area (Å²) in [4.78, 5) is 0. The molecule has 0 spiro atoms. The summed E-state index contributed by atoms with van der Waals surface area (Å²) >= 11 is 5.66. The lowest BCUT2D eigenvalue weighted by atomic mass is 10.2. The highest BCUT2D eigenvalue weighted by molar-refractivity contribution is 6.32. The predicted octanol–water partition coefficient (Wildman–Crippen LogP) is 2.41. The molecule has 0 saturated heterocycles. The molecule has 2 nitrogen and oxygen atoms in total. The van der Waals surface area contributed by atoms with Crippen LogP contribution in [0.2, 0.25) is 5.02 Å². The van der Waals surface area contributed by atoms with Gasteiger partial charge < -0.3 is 11.1 Å². The third-order valence-corrected chi connectivity index (χ3v) is 2.13. The number of anilines is 2. The van der Waals surface area contributed by atoms with Crippen molar-refractivity contribution >= 4 is 23.0 Å². The Balaban J connectivity index is 3.40. The molecule has 0 aliphatic rings. The molecule has 1 rings (SSSR count). The van der Waals surface area contributed by atoms with E-state index in [0.29, 0.717) is 11.3 Å². The second-order valence-corrected chi connectivity index (χ2v) is 2.91. The number of rotatable bonds is 1. The highest BCUT2D eigenvalue weighted by Gasteiger charge is 2.11. The van der Waals surface area contributed by atoms with Crippen LogP contribution in [0.15, 0.2) is 6.07 Å². The van der Waals surface area contributed by atoms with Crippen molar-refractivity contribution < 1.29 is 4.39 Å². The molecule has 66 valence electrons. The number of nitrogen functional groups attached to an aromatic ring is 1. The molecule has 0 amide bonds. The van der Waals surface area contributed by atoms with E-state index in [1.165, 1.54) is 0 Å². The fourth-order valence-electron chi connectivity index (χ4n) is 1.03. The summed E-state index contributed by atoms with van der Waals surface area (Å²) in [7, 11) is 1.60. The molecule has 0 unspecified atom stereocenters. The maximum absolute atomic E-state index is 13.2. The molecule has 0 aliphatic heterocycles. The highest BCUT2D eigenvalue weighted by atomic mass is 35.5. The maximum atomic E-state index is 13.2. The maximum Gasteiger partial charge on any atom is 0.167 e. The molecular weight excluding hydrogens is 179 g/mol. The molecule has 0 bridgehead atoms. The van der Waals surface area contributed by atoms with Crippen molar-refractivity contribution in [3.05, 3.63) is 22.5 Å². The van der Waals surface area contributed by atoms with E-state index in [-0.39, 0.29) is 10.7 Å². The first-order chi connectivity index (χ1) is 5.57. The Hall–Kier alpha value is -0.960. The number of benzene rings is 1. The van der Waals surface area contributed by atoms with Gasteiger partial charge in [0.2, 0.25) is 0 Å². The summed E-state index contributed by atoms with van der Waals surface area (Å²) in [6.45, 7) is 1.71. The van der Waals surface area contributed by atoms with Gasteiger partial charge in [0.15, 0.2) is 5.82 Å². The highest BCUT2D eigenvalue weighted by Crippen LogP contribution is 2.30. The second-order valence-electron chi connectivity index (χ2n) is 2.54. The van der Waals surface area contributed by atoms with Gasteiger partial charge >= 0.3 is 0 Å². The topological polar surface area (TPSA) is 38.0 Å². The molecule has 1 aromatic rings. The summed E-state index contributed by atoms with van der Waals surface area (Å²) in [5.41, 5.74) is 6.81. The predicted molar refractivity (Wildman–Crippen MR) is 50.1 cm³/mol. The SMILES string of the molecule is CNc1c(N)cc(C)c(Cl)c1F. The minimum absolute atomic E-state index is 0.119. The standard InChI is InChI=1S/C8H10ClFN2/c1-4-3-5(11)8(12-2)7(10)6(4)9/h3,12H,11H2,1-2H3. The Morgan fingerprint density at radius 2 is 2.17 bits per heavy atom. The molecular formula is C8H10ClFN2. The van der Waals surface area contributed by atoms with E-state index < -0.39 is 5.82 Å². The first-order valence-electron chi connectivity index (χ1n) is 3.49. The van der Waals surface area contributed by atoms with Gasteiger partial charge in [0, 0.05) is 7.05 Å². The van der Waals surface area contributed by atoms with Crippen molar-refractivity contribution in [2.24, 2.45) is 0 Å². The van der Waals surface area contributed by atoms with E-state index in [2.05, 4.69) is 5.32 Å². The van der Waals surface area contributed by atoms with E-state index in [1.807, 2.05) is 0 Å². The summed E-state index contributed by atoms with van der Waals surface area (Å²) in [6, 6.07) is 1.64. The van der Waals surface area contributed by atoms with Crippen LogP contribution in [0.5, 0.6) is 0 Å². The van der Waals surface area contributed by atoms with Crippen LogP contribution >= 0.6 is 11.6 Å². The van der Waals surface area contributed by atoms with Gasteiger partial charge in [-0.15, -0.1) is 0 Å². The van der Waals surface area contributed by atoms with Crippen LogP contribution in [0, 0.1) is 12.7 Å². The third kappa shape index (κ3) is 1.32. The molecule has 4 heteroatoms. The molecule has 12 heavy (non-hydrogen) atoms. The van der Waals surface area contributed by atoms with Crippen molar-refractivity contribution in [2.75, 3.05) is 18.1 Å². The number of hydrogen-bond donors (Lipinski definition) is 2. The quantitative estimate of drug-likeness (QED) is 0.665. The minimum atomic E-state index is -0.489. The summed E-state index contributed by atoms with van der Waals surface area (Å²) in [5, 5.41) is 2.77. The molecule has 0 atom stereocenters. The summed E-state index contributed by atoms with van der Waals surface area (Å²) < 4.78 is 13.2. The Labute approximate surface area is 75.5 Å².